The van der Waals surface area contributed by atoms with E-state index in [9.17, 15) is 4.79 Å². The molecule has 3 saturated heterocycles. The van der Waals surface area contributed by atoms with Crippen molar-refractivity contribution >= 4 is 5.91 Å². The Balaban J connectivity index is 1.68. The van der Waals surface area contributed by atoms with Gasteiger partial charge in [-0.3, -0.25) is 9.69 Å². The smallest absolute Gasteiger partial charge is 0.239 e. The molecule has 0 aromatic heterocycles. The van der Waals surface area contributed by atoms with Crippen LogP contribution in [0.4, 0.5) is 0 Å². The maximum atomic E-state index is 12.6. The lowest BCUT2D eigenvalue weighted by Gasteiger charge is -2.33. The van der Waals surface area contributed by atoms with Crippen LogP contribution in [0.5, 0.6) is 0 Å². The molecule has 0 aromatic rings. The summed E-state index contributed by atoms with van der Waals surface area (Å²) in [6, 6.07) is 0.676. The molecular weight excluding hydrogens is 238 g/mol. The monoisotopic (exact) mass is 265 g/mol. The third-order valence-corrected chi connectivity index (χ3v) is 5.45. The Bertz CT molecular complexity index is 340. The molecule has 3 aliphatic heterocycles. The van der Waals surface area contributed by atoms with Gasteiger partial charge in [-0.1, -0.05) is 6.92 Å². The number of carbonyl (C=O) groups is 1. The molecule has 1 amide bonds. The van der Waals surface area contributed by atoms with Crippen LogP contribution in [0.2, 0.25) is 0 Å². The summed E-state index contributed by atoms with van der Waals surface area (Å²) in [4.78, 5) is 17.2. The molecule has 4 unspecified atom stereocenters. The number of carbonyl (C=O) groups excluding carboxylic acids is 1. The second kappa shape index (κ2) is 5.41. The van der Waals surface area contributed by atoms with Gasteiger partial charge in [0.25, 0.3) is 0 Å². The van der Waals surface area contributed by atoms with E-state index < -0.39 is 0 Å². The first kappa shape index (κ1) is 13.4. The molecule has 0 saturated carbocycles. The summed E-state index contributed by atoms with van der Waals surface area (Å²) >= 11 is 0. The van der Waals surface area contributed by atoms with Crippen LogP contribution in [0.25, 0.3) is 0 Å². The van der Waals surface area contributed by atoms with Gasteiger partial charge in [-0.2, -0.15) is 0 Å². The molecule has 3 rings (SSSR count). The molecule has 0 spiro atoms. The first-order valence-corrected chi connectivity index (χ1v) is 7.97. The van der Waals surface area contributed by atoms with Crippen LogP contribution in [0.15, 0.2) is 0 Å². The van der Waals surface area contributed by atoms with Crippen LogP contribution in [-0.2, 0) is 4.79 Å². The van der Waals surface area contributed by atoms with Crippen molar-refractivity contribution < 1.29 is 4.79 Å². The highest BCUT2D eigenvalue weighted by molar-refractivity contribution is 5.81. The Morgan fingerprint density at radius 1 is 1.32 bits per heavy atom. The number of rotatable bonds is 3. The van der Waals surface area contributed by atoms with Crippen molar-refractivity contribution in [3.05, 3.63) is 0 Å². The SMILES string of the molecule is CCC1C2CNCC2CN1C(C)C(=O)N1CCCC1. The van der Waals surface area contributed by atoms with Crippen molar-refractivity contribution in [2.75, 3.05) is 32.7 Å². The van der Waals surface area contributed by atoms with Gasteiger partial charge in [0, 0.05) is 25.7 Å². The highest BCUT2D eigenvalue weighted by atomic mass is 16.2. The van der Waals surface area contributed by atoms with Crippen molar-refractivity contribution in [2.45, 2.75) is 45.2 Å². The van der Waals surface area contributed by atoms with Crippen LogP contribution >= 0.6 is 0 Å². The summed E-state index contributed by atoms with van der Waals surface area (Å²) in [5, 5.41) is 3.51. The quantitative estimate of drug-likeness (QED) is 0.824. The van der Waals surface area contributed by atoms with Crippen LogP contribution in [-0.4, -0.2) is 60.5 Å². The molecule has 1 N–H and O–H groups in total. The van der Waals surface area contributed by atoms with Gasteiger partial charge in [0.05, 0.1) is 6.04 Å². The summed E-state index contributed by atoms with van der Waals surface area (Å²) in [5.74, 6) is 1.89. The van der Waals surface area contributed by atoms with E-state index in [1.54, 1.807) is 0 Å². The standard InChI is InChI=1S/C15H27N3O/c1-3-14-13-9-16-8-12(13)10-18(14)11(2)15(19)17-6-4-5-7-17/h11-14,16H,3-10H2,1-2H3. The lowest BCUT2D eigenvalue weighted by molar-refractivity contribution is -0.135. The normalized spacial score (nSPS) is 36.7. The van der Waals surface area contributed by atoms with E-state index >= 15 is 0 Å². The number of nitrogens with zero attached hydrogens (tertiary/aromatic N) is 2. The summed E-state index contributed by atoms with van der Waals surface area (Å²) in [6.45, 7) is 9.73. The molecule has 3 fully saturated rings. The van der Waals surface area contributed by atoms with Crippen molar-refractivity contribution in [1.29, 1.82) is 0 Å². The third kappa shape index (κ3) is 2.29. The molecule has 4 heteroatoms. The van der Waals surface area contributed by atoms with Gasteiger partial charge in [0.15, 0.2) is 0 Å². The van der Waals surface area contributed by atoms with Gasteiger partial charge < -0.3 is 10.2 Å². The van der Waals surface area contributed by atoms with E-state index in [2.05, 4.69) is 29.0 Å². The summed E-state index contributed by atoms with van der Waals surface area (Å²) in [5.41, 5.74) is 0. The number of hydrogen-bond acceptors (Lipinski definition) is 3. The van der Waals surface area contributed by atoms with Crippen LogP contribution in [0, 0.1) is 11.8 Å². The number of hydrogen-bond donors (Lipinski definition) is 1. The van der Waals surface area contributed by atoms with E-state index in [-0.39, 0.29) is 6.04 Å². The highest BCUT2D eigenvalue weighted by Gasteiger charge is 2.46. The average molecular weight is 265 g/mol. The molecule has 0 bridgehead atoms. The molecule has 108 valence electrons. The molecular formula is C15H27N3O. The number of fused-ring (bicyclic) bond motifs is 1. The zero-order valence-corrected chi connectivity index (χ0v) is 12.3. The fraction of sp³-hybridized carbons (Fsp3) is 0.933. The van der Waals surface area contributed by atoms with Crippen LogP contribution in [0.1, 0.15) is 33.1 Å². The van der Waals surface area contributed by atoms with Crippen molar-refractivity contribution in [3.63, 3.8) is 0 Å². The maximum Gasteiger partial charge on any atom is 0.239 e. The van der Waals surface area contributed by atoms with Crippen LogP contribution < -0.4 is 5.32 Å². The number of nitrogens with one attached hydrogen (secondary N) is 1. The van der Waals surface area contributed by atoms with E-state index in [4.69, 9.17) is 0 Å². The second-order valence-corrected chi connectivity index (χ2v) is 6.46. The molecule has 3 aliphatic rings. The van der Waals surface area contributed by atoms with Crippen LogP contribution in [0.3, 0.4) is 0 Å². The van der Waals surface area contributed by atoms with Gasteiger partial charge in [-0.05, 0) is 51.1 Å². The van der Waals surface area contributed by atoms with Crippen molar-refractivity contribution in [2.24, 2.45) is 11.8 Å². The zero-order chi connectivity index (χ0) is 13.4. The van der Waals surface area contributed by atoms with E-state index in [0.29, 0.717) is 11.9 Å². The summed E-state index contributed by atoms with van der Waals surface area (Å²) < 4.78 is 0. The largest absolute Gasteiger partial charge is 0.341 e. The zero-order valence-electron chi connectivity index (χ0n) is 12.3. The van der Waals surface area contributed by atoms with Crippen molar-refractivity contribution in [3.8, 4) is 0 Å². The Hall–Kier alpha value is -0.610. The molecule has 19 heavy (non-hydrogen) atoms. The maximum absolute atomic E-state index is 12.6. The van der Waals surface area contributed by atoms with E-state index in [1.165, 1.54) is 19.3 Å². The highest BCUT2D eigenvalue weighted by Crippen LogP contribution is 2.35. The first-order valence-electron chi connectivity index (χ1n) is 7.97. The molecule has 3 heterocycles. The minimum absolute atomic E-state index is 0.0775. The fourth-order valence-electron chi connectivity index (χ4n) is 4.38. The minimum Gasteiger partial charge on any atom is -0.341 e. The first-order chi connectivity index (χ1) is 9.22. The predicted octanol–water partition coefficient (Wildman–Crippen LogP) is 0.927. The molecule has 4 atom stereocenters. The molecule has 0 aromatic carbocycles. The lowest BCUT2D eigenvalue weighted by atomic mass is 9.92. The molecule has 0 aliphatic carbocycles. The Morgan fingerprint density at radius 2 is 2.05 bits per heavy atom. The Labute approximate surface area is 116 Å². The average Bonchev–Trinajstić information content (AvgIpc) is 3.12. The van der Waals surface area contributed by atoms with Gasteiger partial charge in [0.2, 0.25) is 5.91 Å². The minimum atomic E-state index is 0.0775. The summed E-state index contributed by atoms with van der Waals surface area (Å²) in [6.07, 6.45) is 3.54. The third-order valence-electron chi connectivity index (χ3n) is 5.45. The van der Waals surface area contributed by atoms with Crippen molar-refractivity contribution in [1.82, 2.24) is 15.1 Å². The van der Waals surface area contributed by atoms with Gasteiger partial charge >= 0.3 is 0 Å². The second-order valence-electron chi connectivity index (χ2n) is 6.46. The Morgan fingerprint density at radius 3 is 2.74 bits per heavy atom. The topological polar surface area (TPSA) is 35.6 Å². The Kier molecular flexibility index (Phi) is 3.81. The van der Waals surface area contributed by atoms with E-state index in [1.807, 2.05) is 0 Å². The fourth-order valence-corrected chi connectivity index (χ4v) is 4.38. The van der Waals surface area contributed by atoms with Gasteiger partial charge in [-0.15, -0.1) is 0 Å². The summed E-state index contributed by atoms with van der Waals surface area (Å²) in [7, 11) is 0. The van der Waals surface area contributed by atoms with E-state index in [0.717, 1.165) is 44.6 Å². The molecule has 0 radical (unpaired) electrons. The number of amides is 1. The number of likely N-dealkylation sites (tertiary alicyclic amines) is 2. The van der Waals surface area contributed by atoms with Gasteiger partial charge in [0.1, 0.15) is 0 Å². The lowest BCUT2D eigenvalue weighted by Crippen LogP contribution is -2.49. The van der Waals surface area contributed by atoms with Gasteiger partial charge in [-0.25, -0.2) is 0 Å². The predicted molar refractivity (Wildman–Crippen MR) is 75.9 cm³/mol. The molecule has 4 nitrogen and oxygen atoms in total.